The average Bonchev–Trinajstić information content (AvgIpc) is 2.46. The zero-order chi connectivity index (χ0) is 13.2. The lowest BCUT2D eigenvalue weighted by Crippen LogP contribution is -1.98. The molecule has 1 N–H and O–H groups in total. The summed E-state index contributed by atoms with van der Waals surface area (Å²) in [6, 6.07) is 14.0. The second kappa shape index (κ2) is 4.65. The first-order chi connectivity index (χ1) is 9.28. The van der Waals surface area contributed by atoms with Crippen LogP contribution >= 0.6 is 0 Å². The number of hydrogen-bond acceptors (Lipinski definition) is 3. The maximum Gasteiger partial charge on any atom is 0.162 e. The number of halogens is 1. The van der Waals surface area contributed by atoms with Crippen molar-refractivity contribution < 1.29 is 4.39 Å². The minimum atomic E-state index is -0.291. The predicted molar refractivity (Wildman–Crippen MR) is 74.5 cm³/mol. The van der Waals surface area contributed by atoms with Crippen molar-refractivity contribution >= 4 is 16.7 Å². The molecule has 1 heterocycles. The number of hydrogen-bond donors (Lipinski definition) is 1. The van der Waals surface area contributed by atoms with Crippen LogP contribution in [0.15, 0.2) is 48.5 Å². The van der Waals surface area contributed by atoms with Crippen LogP contribution in [0.4, 0.5) is 10.2 Å². The molecular formula is C15H12FN3. The zero-order valence-corrected chi connectivity index (χ0v) is 10.4. The van der Waals surface area contributed by atoms with E-state index in [1.807, 2.05) is 31.3 Å². The zero-order valence-electron chi connectivity index (χ0n) is 10.4. The lowest BCUT2D eigenvalue weighted by Gasteiger charge is -2.08. The summed E-state index contributed by atoms with van der Waals surface area (Å²) in [5.41, 5.74) is 1.50. The summed E-state index contributed by atoms with van der Waals surface area (Å²) in [5, 5.41) is 4.00. The molecule has 3 rings (SSSR count). The van der Waals surface area contributed by atoms with Crippen LogP contribution in [0.1, 0.15) is 0 Å². The maximum atomic E-state index is 13.3. The van der Waals surface area contributed by atoms with Crippen molar-refractivity contribution in [1.29, 1.82) is 0 Å². The smallest absolute Gasteiger partial charge is 0.162 e. The second-order valence-corrected chi connectivity index (χ2v) is 4.17. The Kier molecular flexibility index (Phi) is 2.83. The fraction of sp³-hybridized carbons (Fsp3) is 0.0667. The third-order valence-electron chi connectivity index (χ3n) is 2.92. The molecule has 0 aliphatic heterocycles. The number of fused-ring (bicyclic) bond motifs is 1. The number of nitrogens with zero attached hydrogens (tertiary/aromatic N) is 2. The van der Waals surface area contributed by atoms with E-state index < -0.39 is 0 Å². The van der Waals surface area contributed by atoms with Crippen molar-refractivity contribution in [2.75, 3.05) is 12.4 Å². The van der Waals surface area contributed by atoms with Crippen molar-refractivity contribution in [3.8, 4) is 11.4 Å². The van der Waals surface area contributed by atoms with E-state index >= 15 is 0 Å². The molecule has 0 aliphatic carbocycles. The van der Waals surface area contributed by atoms with Crippen LogP contribution in [-0.2, 0) is 0 Å². The summed E-state index contributed by atoms with van der Waals surface area (Å²) in [4.78, 5) is 8.92. The number of anilines is 1. The molecule has 0 unspecified atom stereocenters. The topological polar surface area (TPSA) is 37.8 Å². The highest BCUT2D eigenvalue weighted by molar-refractivity contribution is 5.90. The first kappa shape index (κ1) is 11.6. The fourth-order valence-corrected chi connectivity index (χ4v) is 2.02. The van der Waals surface area contributed by atoms with E-state index in [0.29, 0.717) is 11.4 Å². The number of para-hydroxylation sites is 1. The molecule has 94 valence electrons. The number of rotatable bonds is 2. The normalized spacial score (nSPS) is 10.6. The predicted octanol–water partition coefficient (Wildman–Crippen LogP) is 3.48. The SMILES string of the molecule is CNc1nc(-c2cccc(F)c2)nc2ccccc12. The molecule has 0 radical (unpaired) electrons. The van der Waals surface area contributed by atoms with Crippen LogP contribution in [-0.4, -0.2) is 17.0 Å². The molecule has 4 heteroatoms. The van der Waals surface area contributed by atoms with E-state index in [1.165, 1.54) is 12.1 Å². The second-order valence-electron chi connectivity index (χ2n) is 4.17. The summed E-state index contributed by atoms with van der Waals surface area (Å²) < 4.78 is 13.3. The summed E-state index contributed by atoms with van der Waals surface area (Å²) >= 11 is 0. The van der Waals surface area contributed by atoms with Gasteiger partial charge in [0.2, 0.25) is 0 Å². The Hall–Kier alpha value is -2.49. The molecule has 0 saturated heterocycles. The van der Waals surface area contributed by atoms with Gasteiger partial charge < -0.3 is 5.32 Å². The van der Waals surface area contributed by atoms with Crippen molar-refractivity contribution in [2.24, 2.45) is 0 Å². The van der Waals surface area contributed by atoms with Crippen LogP contribution in [0.25, 0.3) is 22.3 Å². The number of nitrogens with one attached hydrogen (secondary N) is 1. The number of benzene rings is 2. The van der Waals surface area contributed by atoms with Crippen molar-refractivity contribution in [3.05, 3.63) is 54.3 Å². The van der Waals surface area contributed by atoms with E-state index in [4.69, 9.17) is 0 Å². The molecule has 1 aromatic heterocycles. The Bertz CT molecular complexity index is 740. The van der Waals surface area contributed by atoms with Gasteiger partial charge in [-0.1, -0.05) is 24.3 Å². The third-order valence-corrected chi connectivity index (χ3v) is 2.92. The van der Waals surface area contributed by atoms with Gasteiger partial charge in [0, 0.05) is 18.0 Å². The third kappa shape index (κ3) is 2.12. The van der Waals surface area contributed by atoms with Crippen LogP contribution in [0.2, 0.25) is 0 Å². The van der Waals surface area contributed by atoms with E-state index in [2.05, 4.69) is 15.3 Å². The van der Waals surface area contributed by atoms with Gasteiger partial charge in [0.15, 0.2) is 5.82 Å². The monoisotopic (exact) mass is 253 g/mol. The fourth-order valence-electron chi connectivity index (χ4n) is 2.02. The molecule has 3 aromatic rings. The van der Waals surface area contributed by atoms with Gasteiger partial charge in [-0.05, 0) is 24.3 Å². The van der Waals surface area contributed by atoms with Crippen molar-refractivity contribution in [2.45, 2.75) is 0 Å². The van der Waals surface area contributed by atoms with Gasteiger partial charge in [-0.15, -0.1) is 0 Å². The molecule has 19 heavy (non-hydrogen) atoms. The van der Waals surface area contributed by atoms with Gasteiger partial charge in [-0.3, -0.25) is 0 Å². The maximum absolute atomic E-state index is 13.3. The first-order valence-electron chi connectivity index (χ1n) is 5.98. The molecule has 0 aliphatic rings. The Morgan fingerprint density at radius 1 is 1.00 bits per heavy atom. The van der Waals surface area contributed by atoms with Gasteiger partial charge >= 0.3 is 0 Å². The Balaban J connectivity index is 2.25. The highest BCUT2D eigenvalue weighted by Gasteiger charge is 2.08. The average molecular weight is 253 g/mol. The summed E-state index contributed by atoms with van der Waals surface area (Å²) in [5.74, 6) is 0.965. The van der Waals surface area contributed by atoms with Gasteiger partial charge in [-0.25, -0.2) is 14.4 Å². The summed E-state index contributed by atoms with van der Waals surface area (Å²) in [7, 11) is 1.81. The Morgan fingerprint density at radius 2 is 1.84 bits per heavy atom. The minimum Gasteiger partial charge on any atom is -0.373 e. The van der Waals surface area contributed by atoms with Crippen molar-refractivity contribution in [1.82, 2.24) is 9.97 Å². The van der Waals surface area contributed by atoms with Crippen LogP contribution < -0.4 is 5.32 Å². The minimum absolute atomic E-state index is 0.291. The molecule has 0 saturated carbocycles. The highest BCUT2D eigenvalue weighted by Crippen LogP contribution is 2.24. The van der Waals surface area contributed by atoms with E-state index in [-0.39, 0.29) is 5.82 Å². The quantitative estimate of drug-likeness (QED) is 0.759. The Morgan fingerprint density at radius 3 is 2.63 bits per heavy atom. The van der Waals surface area contributed by atoms with Gasteiger partial charge in [-0.2, -0.15) is 0 Å². The van der Waals surface area contributed by atoms with E-state index in [1.54, 1.807) is 12.1 Å². The lowest BCUT2D eigenvalue weighted by atomic mass is 10.2. The van der Waals surface area contributed by atoms with Gasteiger partial charge in [0.05, 0.1) is 5.52 Å². The Labute approximate surface area is 110 Å². The summed E-state index contributed by atoms with van der Waals surface area (Å²) in [6.45, 7) is 0. The van der Waals surface area contributed by atoms with Crippen LogP contribution in [0.5, 0.6) is 0 Å². The molecule has 0 atom stereocenters. The van der Waals surface area contributed by atoms with Crippen LogP contribution in [0.3, 0.4) is 0 Å². The van der Waals surface area contributed by atoms with E-state index in [9.17, 15) is 4.39 Å². The van der Waals surface area contributed by atoms with Crippen LogP contribution in [0, 0.1) is 5.82 Å². The number of aromatic nitrogens is 2. The molecule has 3 nitrogen and oxygen atoms in total. The largest absolute Gasteiger partial charge is 0.373 e. The molecule has 2 aromatic carbocycles. The van der Waals surface area contributed by atoms with Gasteiger partial charge in [0.1, 0.15) is 11.6 Å². The van der Waals surface area contributed by atoms with Crippen molar-refractivity contribution in [3.63, 3.8) is 0 Å². The lowest BCUT2D eigenvalue weighted by molar-refractivity contribution is 0.628. The molecule has 0 amide bonds. The van der Waals surface area contributed by atoms with Gasteiger partial charge in [0.25, 0.3) is 0 Å². The molecule has 0 fully saturated rings. The first-order valence-corrected chi connectivity index (χ1v) is 5.98. The summed E-state index contributed by atoms with van der Waals surface area (Å²) in [6.07, 6.45) is 0. The molecular weight excluding hydrogens is 241 g/mol. The molecule has 0 bridgehead atoms. The molecule has 0 spiro atoms. The van der Waals surface area contributed by atoms with E-state index in [0.717, 1.165) is 16.7 Å². The standard InChI is InChI=1S/C15H12FN3/c1-17-15-12-7-2-3-8-13(12)18-14(19-15)10-5-4-6-11(16)9-10/h2-9H,1H3,(H,17,18,19). The highest BCUT2D eigenvalue weighted by atomic mass is 19.1.